The first-order chi connectivity index (χ1) is 14.1. The number of para-hydroxylation sites is 2. The van der Waals surface area contributed by atoms with E-state index in [1.165, 1.54) is 0 Å². The van der Waals surface area contributed by atoms with Gasteiger partial charge in [-0.05, 0) is 36.8 Å². The molecule has 0 bridgehead atoms. The fourth-order valence-electron chi connectivity index (χ4n) is 2.96. The zero-order valence-corrected chi connectivity index (χ0v) is 16.1. The molecule has 2 heterocycles. The molecule has 8 heteroatoms. The minimum atomic E-state index is -0.295. The van der Waals surface area contributed by atoms with Crippen LogP contribution in [0.25, 0.3) is 0 Å². The predicted octanol–water partition coefficient (Wildman–Crippen LogP) is 3.20. The Morgan fingerprint density at radius 3 is 2.79 bits per heavy atom. The lowest BCUT2D eigenvalue weighted by atomic mass is 10.2. The van der Waals surface area contributed by atoms with Gasteiger partial charge in [0.05, 0.1) is 12.8 Å². The number of amides is 1. The van der Waals surface area contributed by atoms with Crippen molar-refractivity contribution >= 4 is 17.4 Å². The van der Waals surface area contributed by atoms with Gasteiger partial charge >= 0.3 is 0 Å². The van der Waals surface area contributed by atoms with E-state index in [-0.39, 0.29) is 18.4 Å². The van der Waals surface area contributed by atoms with E-state index in [0.29, 0.717) is 35.4 Å². The number of ether oxygens (including phenoxy) is 3. The predicted molar refractivity (Wildman–Crippen MR) is 107 cm³/mol. The quantitative estimate of drug-likeness (QED) is 0.665. The number of nitrogens with zero attached hydrogens (tertiary/aromatic N) is 2. The van der Waals surface area contributed by atoms with E-state index in [4.69, 9.17) is 14.2 Å². The van der Waals surface area contributed by atoms with Gasteiger partial charge in [0.1, 0.15) is 23.1 Å². The number of hydrogen-bond donors (Lipinski definition) is 2. The van der Waals surface area contributed by atoms with Crippen LogP contribution < -0.4 is 24.8 Å². The minimum absolute atomic E-state index is 0.216. The summed E-state index contributed by atoms with van der Waals surface area (Å²) in [5, 5.41) is 6.04. The molecule has 0 saturated carbocycles. The second-order valence-electron chi connectivity index (χ2n) is 6.38. The van der Waals surface area contributed by atoms with Crippen molar-refractivity contribution in [3.05, 3.63) is 65.6 Å². The van der Waals surface area contributed by atoms with Crippen LogP contribution in [-0.4, -0.2) is 29.8 Å². The summed E-state index contributed by atoms with van der Waals surface area (Å²) in [4.78, 5) is 21.2. The third-order valence-corrected chi connectivity index (χ3v) is 4.33. The highest BCUT2D eigenvalue weighted by molar-refractivity contribution is 5.93. The molecule has 0 saturated heterocycles. The van der Waals surface area contributed by atoms with Crippen LogP contribution in [0.4, 0.5) is 11.5 Å². The first-order valence-corrected chi connectivity index (χ1v) is 9.05. The maximum absolute atomic E-state index is 12.6. The molecule has 0 fully saturated rings. The summed E-state index contributed by atoms with van der Waals surface area (Å²) in [5.41, 5.74) is 1.93. The van der Waals surface area contributed by atoms with Crippen LogP contribution in [0.1, 0.15) is 21.9 Å². The molecule has 2 N–H and O–H groups in total. The lowest BCUT2D eigenvalue weighted by molar-refractivity contribution is 0.0945. The van der Waals surface area contributed by atoms with Gasteiger partial charge in [0, 0.05) is 12.6 Å². The normalized spacial score (nSPS) is 11.8. The number of anilines is 2. The fourth-order valence-corrected chi connectivity index (χ4v) is 2.96. The van der Waals surface area contributed by atoms with Gasteiger partial charge in [0.2, 0.25) is 6.79 Å². The highest BCUT2D eigenvalue weighted by Crippen LogP contribution is 2.32. The molecule has 0 atom stereocenters. The third-order valence-electron chi connectivity index (χ3n) is 4.33. The zero-order valence-electron chi connectivity index (χ0n) is 16.1. The highest BCUT2D eigenvalue weighted by atomic mass is 16.7. The van der Waals surface area contributed by atoms with E-state index in [9.17, 15) is 4.79 Å². The molecule has 4 rings (SSSR count). The molecule has 0 aliphatic carbocycles. The van der Waals surface area contributed by atoms with E-state index in [2.05, 4.69) is 20.6 Å². The largest absolute Gasteiger partial charge is 0.495 e. The van der Waals surface area contributed by atoms with Crippen molar-refractivity contribution in [3.8, 4) is 17.2 Å². The standard InChI is InChI=1S/C21H20N4O4/c1-13-23-16(10-20(24-13)25-15-5-3-4-6-17(15)27-2)21(26)22-11-14-7-8-18-19(9-14)29-12-28-18/h3-10H,11-12H2,1-2H3,(H,22,26)(H,23,24,25). The summed E-state index contributed by atoms with van der Waals surface area (Å²) >= 11 is 0. The Kier molecular flexibility index (Phi) is 5.15. The van der Waals surface area contributed by atoms with Gasteiger partial charge in [-0.15, -0.1) is 0 Å². The molecule has 8 nitrogen and oxygen atoms in total. The van der Waals surface area contributed by atoms with Gasteiger partial charge in [0.25, 0.3) is 5.91 Å². The molecule has 1 amide bonds. The third kappa shape index (κ3) is 4.21. The monoisotopic (exact) mass is 392 g/mol. The average molecular weight is 392 g/mol. The van der Waals surface area contributed by atoms with Gasteiger partial charge in [-0.1, -0.05) is 18.2 Å². The maximum Gasteiger partial charge on any atom is 0.270 e. The fraction of sp³-hybridized carbons (Fsp3) is 0.190. The molecule has 1 aliphatic heterocycles. The smallest absolute Gasteiger partial charge is 0.270 e. The SMILES string of the molecule is COc1ccccc1Nc1cc(C(=O)NCc2ccc3c(c2)OCO3)nc(C)n1. The Morgan fingerprint density at radius 2 is 1.93 bits per heavy atom. The summed E-state index contributed by atoms with van der Waals surface area (Å²) in [7, 11) is 1.60. The number of carbonyl (C=O) groups is 1. The molecule has 3 aromatic rings. The number of hydrogen-bond acceptors (Lipinski definition) is 7. The van der Waals surface area contributed by atoms with E-state index in [1.54, 1.807) is 20.1 Å². The number of nitrogens with one attached hydrogen (secondary N) is 2. The van der Waals surface area contributed by atoms with Crippen molar-refractivity contribution in [2.24, 2.45) is 0 Å². The molecule has 148 valence electrons. The van der Waals surface area contributed by atoms with Crippen LogP contribution in [0.5, 0.6) is 17.2 Å². The summed E-state index contributed by atoms with van der Waals surface area (Å²) in [6.45, 7) is 2.29. The molecule has 29 heavy (non-hydrogen) atoms. The van der Waals surface area contributed by atoms with Crippen molar-refractivity contribution < 1.29 is 19.0 Å². The van der Waals surface area contributed by atoms with Crippen LogP contribution >= 0.6 is 0 Å². The van der Waals surface area contributed by atoms with Crippen molar-refractivity contribution in [1.29, 1.82) is 0 Å². The zero-order chi connectivity index (χ0) is 20.2. The Hall–Kier alpha value is -3.81. The Labute approximate surface area is 167 Å². The molecule has 0 radical (unpaired) electrons. The topological polar surface area (TPSA) is 94.6 Å². The molecule has 0 unspecified atom stereocenters. The number of aryl methyl sites for hydroxylation is 1. The molecular formula is C21H20N4O4. The number of methoxy groups -OCH3 is 1. The van der Waals surface area contributed by atoms with Crippen molar-refractivity contribution in [2.75, 3.05) is 19.2 Å². The lowest BCUT2D eigenvalue weighted by Crippen LogP contribution is -2.24. The maximum atomic E-state index is 12.6. The number of rotatable bonds is 6. The Morgan fingerprint density at radius 1 is 1.10 bits per heavy atom. The number of carbonyl (C=O) groups excluding carboxylic acids is 1. The first-order valence-electron chi connectivity index (χ1n) is 9.05. The number of aromatic nitrogens is 2. The molecule has 0 spiro atoms. The number of benzene rings is 2. The Balaban J connectivity index is 1.47. The van der Waals surface area contributed by atoms with Gasteiger partial charge in [-0.25, -0.2) is 9.97 Å². The van der Waals surface area contributed by atoms with E-state index < -0.39 is 0 Å². The number of fused-ring (bicyclic) bond motifs is 1. The summed E-state index contributed by atoms with van der Waals surface area (Å²) in [5.74, 6) is 2.76. The van der Waals surface area contributed by atoms with Crippen molar-refractivity contribution in [2.45, 2.75) is 13.5 Å². The molecule has 1 aliphatic rings. The van der Waals surface area contributed by atoms with Crippen molar-refractivity contribution in [3.63, 3.8) is 0 Å². The van der Waals surface area contributed by atoms with Gasteiger partial charge < -0.3 is 24.8 Å². The van der Waals surface area contributed by atoms with Gasteiger partial charge in [-0.2, -0.15) is 0 Å². The second kappa shape index (κ2) is 8.05. The van der Waals surface area contributed by atoms with Crippen LogP contribution in [0.3, 0.4) is 0 Å². The molecular weight excluding hydrogens is 372 g/mol. The van der Waals surface area contributed by atoms with Crippen LogP contribution in [-0.2, 0) is 6.54 Å². The summed E-state index contributed by atoms with van der Waals surface area (Å²) < 4.78 is 16.0. The van der Waals surface area contributed by atoms with Gasteiger partial charge in [-0.3, -0.25) is 4.79 Å². The minimum Gasteiger partial charge on any atom is -0.495 e. The first kappa shape index (κ1) is 18.5. The van der Waals surface area contributed by atoms with Crippen LogP contribution in [0, 0.1) is 6.92 Å². The lowest BCUT2D eigenvalue weighted by Gasteiger charge is -2.12. The van der Waals surface area contributed by atoms with Crippen LogP contribution in [0.15, 0.2) is 48.5 Å². The van der Waals surface area contributed by atoms with Gasteiger partial charge in [0.15, 0.2) is 11.5 Å². The van der Waals surface area contributed by atoms with Crippen molar-refractivity contribution in [1.82, 2.24) is 15.3 Å². The molecule has 2 aromatic carbocycles. The summed E-state index contributed by atoms with van der Waals surface area (Å²) in [6, 6.07) is 14.6. The summed E-state index contributed by atoms with van der Waals surface area (Å²) in [6.07, 6.45) is 0. The van der Waals surface area contributed by atoms with Crippen LogP contribution in [0.2, 0.25) is 0 Å². The highest BCUT2D eigenvalue weighted by Gasteiger charge is 2.15. The van der Waals surface area contributed by atoms with E-state index in [1.807, 2.05) is 42.5 Å². The second-order valence-corrected chi connectivity index (χ2v) is 6.38. The van der Waals surface area contributed by atoms with E-state index in [0.717, 1.165) is 11.3 Å². The molecule has 1 aromatic heterocycles. The Bertz CT molecular complexity index is 1050. The average Bonchev–Trinajstić information content (AvgIpc) is 3.20. The van der Waals surface area contributed by atoms with E-state index >= 15 is 0 Å².